The molecule has 16 heavy (non-hydrogen) atoms. The summed E-state index contributed by atoms with van der Waals surface area (Å²) in [5.74, 6) is 0. The molecule has 96 valence electrons. The summed E-state index contributed by atoms with van der Waals surface area (Å²) in [7, 11) is 0. The third-order valence-electron chi connectivity index (χ3n) is 4.07. The van der Waals surface area contributed by atoms with Crippen LogP contribution in [0.3, 0.4) is 0 Å². The van der Waals surface area contributed by atoms with Gasteiger partial charge in [-0.3, -0.25) is 0 Å². The van der Waals surface area contributed by atoms with E-state index in [4.69, 9.17) is 0 Å². The van der Waals surface area contributed by atoms with Gasteiger partial charge in [0.2, 0.25) is 0 Å². The van der Waals surface area contributed by atoms with Crippen LogP contribution in [0.4, 0.5) is 0 Å². The Morgan fingerprint density at radius 3 is 1.81 bits per heavy atom. The Morgan fingerprint density at radius 1 is 0.875 bits per heavy atom. The Morgan fingerprint density at radius 2 is 1.38 bits per heavy atom. The Hall–Kier alpha value is -0.0800. The fourth-order valence-corrected chi connectivity index (χ4v) is 2.19. The molecule has 0 N–H and O–H groups in total. The SMILES string of the molecule is CCCN1CCN(CCC(C)(C)CC)CC1. The van der Waals surface area contributed by atoms with Crippen molar-refractivity contribution in [3.63, 3.8) is 0 Å². The summed E-state index contributed by atoms with van der Waals surface area (Å²) in [6, 6.07) is 0. The molecule has 1 saturated heterocycles. The molecule has 0 spiro atoms. The highest BCUT2D eigenvalue weighted by molar-refractivity contribution is 4.74. The summed E-state index contributed by atoms with van der Waals surface area (Å²) in [4.78, 5) is 5.24. The van der Waals surface area contributed by atoms with Gasteiger partial charge in [-0.1, -0.05) is 34.1 Å². The highest BCUT2D eigenvalue weighted by atomic mass is 15.3. The Kier molecular flexibility index (Phi) is 5.77. The third kappa shape index (κ3) is 4.84. The molecule has 0 aromatic heterocycles. The van der Waals surface area contributed by atoms with Crippen molar-refractivity contribution in [1.82, 2.24) is 9.80 Å². The zero-order valence-electron chi connectivity index (χ0n) is 11.8. The molecular weight excluding hydrogens is 196 g/mol. The second kappa shape index (κ2) is 6.61. The van der Waals surface area contributed by atoms with Crippen LogP contribution in [-0.4, -0.2) is 49.1 Å². The molecule has 0 aromatic carbocycles. The number of piperazine rings is 1. The van der Waals surface area contributed by atoms with E-state index in [9.17, 15) is 0 Å². The Bertz CT molecular complexity index is 181. The molecule has 0 saturated carbocycles. The topological polar surface area (TPSA) is 6.48 Å². The van der Waals surface area contributed by atoms with Crippen LogP contribution >= 0.6 is 0 Å². The predicted molar refractivity (Wildman–Crippen MR) is 71.9 cm³/mol. The fraction of sp³-hybridized carbons (Fsp3) is 1.00. The van der Waals surface area contributed by atoms with E-state index in [1.807, 2.05) is 0 Å². The first-order valence-electron chi connectivity index (χ1n) is 7.02. The van der Waals surface area contributed by atoms with Gasteiger partial charge >= 0.3 is 0 Å². The fourth-order valence-electron chi connectivity index (χ4n) is 2.19. The monoisotopic (exact) mass is 226 g/mol. The maximum atomic E-state index is 2.64. The molecule has 1 aliphatic heterocycles. The third-order valence-corrected chi connectivity index (χ3v) is 4.07. The van der Waals surface area contributed by atoms with E-state index < -0.39 is 0 Å². The highest BCUT2D eigenvalue weighted by Crippen LogP contribution is 2.24. The number of hydrogen-bond donors (Lipinski definition) is 0. The van der Waals surface area contributed by atoms with Crippen LogP contribution in [0.25, 0.3) is 0 Å². The molecule has 2 heteroatoms. The van der Waals surface area contributed by atoms with Crippen molar-refractivity contribution in [1.29, 1.82) is 0 Å². The Balaban J connectivity index is 2.17. The average molecular weight is 226 g/mol. The molecule has 0 atom stereocenters. The molecule has 0 unspecified atom stereocenters. The van der Waals surface area contributed by atoms with Crippen molar-refractivity contribution in [2.45, 2.75) is 47.0 Å². The molecule has 0 bridgehead atoms. The van der Waals surface area contributed by atoms with Gasteiger partial charge < -0.3 is 9.80 Å². The molecule has 1 aliphatic rings. The van der Waals surface area contributed by atoms with Crippen molar-refractivity contribution in [3.8, 4) is 0 Å². The van der Waals surface area contributed by atoms with Gasteiger partial charge in [0.15, 0.2) is 0 Å². The normalized spacial score (nSPS) is 20.2. The number of rotatable bonds is 6. The molecule has 1 rings (SSSR count). The van der Waals surface area contributed by atoms with Crippen molar-refractivity contribution in [2.75, 3.05) is 39.3 Å². The Labute approximate surface area is 102 Å². The van der Waals surface area contributed by atoms with E-state index >= 15 is 0 Å². The van der Waals surface area contributed by atoms with E-state index in [0.717, 1.165) is 0 Å². The zero-order chi connectivity index (χ0) is 12.0. The van der Waals surface area contributed by atoms with Gasteiger partial charge in [-0.2, -0.15) is 0 Å². The summed E-state index contributed by atoms with van der Waals surface area (Å²) >= 11 is 0. The van der Waals surface area contributed by atoms with Crippen molar-refractivity contribution < 1.29 is 0 Å². The first kappa shape index (κ1) is 14.0. The van der Waals surface area contributed by atoms with Gasteiger partial charge in [0.1, 0.15) is 0 Å². The molecule has 1 heterocycles. The predicted octanol–water partition coefficient (Wildman–Crippen LogP) is 2.84. The molecule has 0 aromatic rings. The maximum absolute atomic E-state index is 2.64. The first-order chi connectivity index (χ1) is 7.57. The smallest absolute Gasteiger partial charge is 0.0110 e. The van der Waals surface area contributed by atoms with Crippen LogP contribution in [0.5, 0.6) is 0 Å². The summed E-state index contributed by atoms with van der Waals surface area (Å²) in [5.41, 5.74) is 0.528. The van der Waals surface area contributed by atoms with Crippen molar-refractivity contribution in [2.24, 2.45) is 5.41 Å². The van der Waals surface area contributed by atoms with Crippen LogP contribution in [0.15, 0.2) is 0 Å². The summed E-state index contributed by atoms with van der Waals surface area (Å²) in [5, 5.41) is 0. The highest BCUT2D eigenvalue weighted by Gasteiger charge is 2.20. The van der Waals surface area contributed by atoms with Crippen LogP contribution < -0.4 is 0 Å². The number of nitrogens with zero attached hydrogens (tertiary/aromatic N) is 2. The second-order valence-electron chi connectivity index (χ2n) is 5.95. The maximum Gasteiger partial charge on any atom is 0.0110 e. The van der Waals surface area contributed by atoms with Gasteiger partial charge in [0.05, 0.1) is 0 Å². The van der Waals surface area contributed by atoms with Gasteiger partial charge in [0, 0.05) is 26.2 Å². The molecular formula is C14H30N2. The van der Waals surface area contributed by atoms with E-state index in [0.29, 0.717) is 5.41 Å². The zero-order valence-corrected chi connectivity index (χ0v) is 11.8. The minimum Gasteiger partial charge on any atom is -0.301 e. The minimum absolute atomic E-state index is 0.528. The van der Waals surface area contributed by atoms with E-state index in [-0.39, 0.29) is 0 Å². The second-order valence-corrected chi connectivity index (χ2v) is 5.95. The van der Waals surface area contributed by atoms with Gasteiger partial charge in [0.25, 0.3) is 0 Å². The van der Waals surface area contributed by atoms with Crippen LogP contribution in [0.2, 0.25) is 0 Å². The lowest BCUT2D eigenvalue weighted by Crippen LogP contribution is -2.47. The lowest BCUT2D eigenvalue weighted by molar-refractivity contribution is 0.118. The summed E-state index contributed by atoms with van der Waals surface area (Å²) in [6.07, 6.45) is 3.93. The summed E-state index contributed by atoms with van der Waals surface area (Å²) in [6.45, 7) is 17.0. The molecule has 1 fully saturated rings. The molecule has 0 amide bonds. The molecule has 0 radical (unpaired) electrons. The van der Waals surface area contributed by atoms with Gasteiger partial charge in [-0.05, 0) is 31.3 Å². The standard InChI is InChI=1S/C14H30N2/c1-5-8-15-10-12-16(13-11-15)9-7-14(3,4)6-2/h5-13H2,1-4H3. The van der Waals surface area contributed by atoms with Crippen LogP contribution in [0.1, 0.15) is 47.0 Å². The summed E-state index contributed by atoms with van der Waals surface area (Å²) < 4.78 is 0. The van der Waals surface area contributed by atoms with Gasteiger partial charge in [-0.15, -0.1) is 0 Å². The number of hydrogen-bond acceptors (Lipinski definition) is 2. The van der Waals surface area contributed by atoms with Gasteiger partial charge in [-0.25, -0.2) is 0 Å². The lowest BCUT2D eigenvalue weighted by Gasteiger charge is -2.36. The lowest BCUT2D eigenvalue weighted by atomic mass is 9.86. The van der Waals surface area contributed by atoms with E-state index in [2.05, 4.69) is 37.5 Å². The molecule has 2 nitrogen and oxygen atoms in total. The van der Waals surface area contributed by atoms with Crippen molar-refractivity contribution >= 4 is 0 Å². The van der Waals surface area contributed by atoms with E-state index in [1.165, 1.54) is 58.5 Å². The first-order valence-corrected chi connectivity index (χ1v) is 7.02. The average Bonchev–Trinajstić information content (AvgIpc) is 2.29. The quantitative estimate of drug-likeness (QED) is 0.687. The van der Waals surface area contributed by atoms with Crippen LogP contribution in [-0.2, 0) is 0 Å². The largest absolute Gasteiger partial charge is 0.301 e. The van der Waals surface area contributed by atoms with E-state index in [1.54, 1.807) is 0 Å². The van der Waals surface area contributed by atoms with Crippen molar-refractivity contribution in [3.05, 3.63) is 0 Å². The minimum atomic E-state index is 0.528. The van der Waals surface area contributed by atoms with Crippen LogP contribution in [0, 0.1) is 5.41 Å². The molecule has 0 aliphatic carbocycles.